The van der Waals surface area contributed by atoms with Crippen molar-refractivity contribution in [3.8, 4) is 0 Å². The first-order valence-corrected chi connectivity index (χ1v) is 5.02. The molecule has 0 aliphatic rings. The van der Waals surface area contributed by atoms with Gasteiger partial charge in [-0.1, -0.05) is 12.7 Å². The maximum Gasteiger partial charge on any atom is 0.159 e. The molecule has 0 bridgehead atoms. The second-order valence-corrected chi connectivity index (χ2v) is 4.57. The number of hydrogen-bond acceptors (Lipinski definition) is 3. The van der Waals surface area contributed by atoms with Gasteiger partial charge < -0.3 is 15.3 Å². The number of rotatable bonds is 6. The van der Waals surface area contributed by atoms with Crippen LogP contribution >= 0.6 is 22.6 Å². The first kappa shape index (κ1) is 13.1. The van der Waals surface area contributed by atoms with Crippen LogP contribution in [0.2, 0.25) is 0 Å². The van der Waals surface area contributed by atoms with Crippen molar-refractivity contribution in [3.05, 3.63) is 25.3 Å². The summed E-state index contributed by atoms with van der Waals surface area (Å²) in [6, 6.07) is 0. The highest BCUT2D eigenvalue weighted by Gasteiger charge is 2.34. The van der Waals surface area contributed by atoms with Gasteiger partial charge in [-0.3, -0.25) is 0 Å². The SMILES string of the molecule is C=CCC(CO)C(O)C(O)(I)C=C. The second-order valence-electron chi connectivity index (χ2n) is 2.84. The van der Waals surface area contributed by atoms with Crippen LogP contribution in [0.25, 0.3) is 0 Å². The van der Waals surface area contributed by atoms with Gasteiger partial charge in [-0.05, 0) is 35.1 Å². The van der Waals surface area contributed by atoms with E-state index in [0.29, 0.717) is 6.42 Å². The zero-order chi connectivity index (χ0) is 10.5. The highest BCUT2D eigenvalue weighted by molar-refractivity contribution is 14.1. The molecule has 13 heavy (non-hydrogen) atoms. The summed E-state index contributed by atoms with van der Waals surface area (Å²) in [7, 11) is 0. The molecule has 0 fully saturated rings. The molecule has 4 heteroatoms. The predicted molar refractivity (Wildman–Crippen MR) is 60.6 cm³/mol. The van der Waals surface area contributed by atoms with E-state index < -0.39 is 15.6 Å². The van der Waals surface area contributed by atoms with Gasteiger partial charge in [-0.15, -0.1) is 6.58 Å². The zero-order valence-corrected chi connectivity index (χ0v) is 9.51. The summed E-state index contributed by atoms with van der Waals surface area (Å²) < 4.78 is -1.39. The molecule has 0 aromatic rings. The lowest BCUT2D eigenvalue weighted by Crippen LogP contribution is -2.41. The smallest absolute Gasteiger partial charge is 0.159 e. The van der Waals surface area contributed by atoms with Crippen molar-refractivity contribution in [2.24, 2.45) is 5.92 Å². The third-order valence-electron chi connectivity index (χ3n) is 1.85. The quantitative estimate of drug-likeness (QED) is 0.387. The van der Waals surface area contributed by atoms with Crippen LogP contribution in [0.15, 0.2) is 25.3 Å². The third-order valence-corrected chi connectivity index (χ3v) is 2.93. The van der Waals surface area contributed by atoms with Crippen molar-refractivity contribution >= 4 is 22.6 Å². The molecule has 0 radical (unpaired) electrons. The summed E-state index contributed by atoms with van der Waals surface area (Å²) in [6.45, 7) is 6.72. The van der Waals surface area contributed by atoms with E-state index in [1.54, 1.807) is 28.7 Å². The van der Waals surface area contributed by atoms with Crippen molar-refractivity contribution in [1.29, 1.82) is 0 Å². The average Bonchev–Trinajstić information content (AvgIpc) is 2.13. The molecule has 0 rings (SSSR count). The summed E-state index contributed by atoms with van der Waals surface area (Å²) in [4.78, 5) is 0. The lowest BCUT2D eigenvalue weighted by atomic mass is 9.95. The Hall–Kier alpha value is 0.0900. The Kier molecular flexibility index (Phi) is 5.78. The second kappa shape index (κ2) is 5.74. The molecule has 3 nitrogen and oxygen atoms in total. The highest BCUT2D eigenvalue weighted by Crippen LogP contribution is 2.27. The largest absolute Gasteiger partial charge is 0.396 e. The van der Waals surface area contributed by atoms with Crippen LogP contribution in [-0.4, -0.2) is 31.6 Å². The number of hydrogen-bond donors (Lipinski definition) is 3. The molecule has 76 valence electrons. The number of alkyl halides is 1. The molecule has 0 spiro atoms. The Morgan fingerprint density at radius 1 is 1.46 bits per heavy atom. The molecule has 0 heterocycles. The van der Waals surface area contributed by atoms with Crippen LogP contribution in [0.1, 0.15) is 6.42 Å². The van der Waals surface area contributed by atoms with E-state index in [1.807, 2.05) is 0 Å². The van der Waals surface area contributed by atoms with Gasteiger partial charge in [0.15, 0.2) is 3.61 Å². The molecule has 0 aromatic carbocycles. The van der Waals surface area contributed by atoms with E-state index >= 15 is 0 Å². The van der Waals surface area contributed by atoms with Gasteiger partial charge in [0.1, 0.15) is 6.10 Å². The fourth-order valence-electron chi connectivity index (χ4n) is 0.969. The van der Waals surface area contributed by atoms with Crippen LogP contribution in [-0.2, 0) is 0 Å². The van der Waals surface area contributed by atoms with Gasteiger partial charge in [0.2, 0.25) is 0 Å². The summed E-state index contributed by atoms with van der Waals surface area (Å²) in [5.74, 6) is -0.405. The van der Waals surface area contributed by atoms with E-state index in [-0.39, 0.29) is 6.61 Å². The van der Waals surface area contributed by atoms with E-state index in [0.717, 1.165) is 0 Å². The van der Waals surface area contributed by atoms with Gasteiger partial charge in [0, 0.05) is 12.5 Å². The van der Waals surface area contributed by atoms with Crippen LogP contribution in [0.3, 0.4) is 0 Å². The van der Waals surface area contributed by atoms with Gasteiger partial charge in [0.25, 0.3) is 0 Å². The molecule has 3 N–H and O–H groups in total. The minimum Gasteiger partial charge on any atom is -0.396 e. The fourth-order valence-corrected chi connectivity index (χ4v) is 1.48. The van der Waals surface area contributed by atoms with Crippen LogP contribution in [0.5, 0.6) is 0 Å². The van der Waals surface area contributed by atoms with Crippen LogP contribution in [0, 0.1) is 5.92 Å². The van der Waals surface area contributed by atoms with Gasteiger partial charge in [-0.25, -0.2) is 0 Å². The van der Waals surface area contributed by atoms with Crippen molar-refractivity contribution in [3.63, 3.8) is 0 Å². The molecule has 0 aromatic heterocycles. The highest BCUT2D eigenvalue weighted by atomic mass is 127. The zero-order valence-electron chi connectivity index (χ0n) is 7.36. The number of aliphatic hydroxyl groups is 3. The molecule has 3 unspecified atom stereocenters. The molecule has 0 saturated heterocycles. The fraction of sp³-hybridized carbons (Fsp3) is 0.556. The summed E-state index contributed by atoms with van der Waals surface area (Å²) >= 11 is 1.69. The van der Waals surface area contributed by atoms with E-state index in [2.05, 4.69) is 13.2 Å². The van der Waals surface area contributed by atoms with Gasteiger partial charge >= 0.3 is 0 Å². The molecule has 0 amide bonds. The maximum atomic E-state index is 9.63. The van der Waals surface area contributed by atoms with Crippen LogP contribution < -0.4 is 0 Å². The van der Waals surface area contributed by atoms with Crippen molar-refractivity contribution in [1.82, 2.24) is 0 Å². The maximum absolute atomic E-state index is 9.63. The van der Waals surface area contributed by atoms with E-state index in [9.17, 15) is 10.2 Å². The standard InChI is InChI=1S/C9H15IO3/c1-3-5-7(6-11)8(12)9(10,13)4-2/h3-4,7-8,11-13H,1-2,5-6H2. The van der Waals surface area contributed by atoms with Crippen molar-refractivity contribution in [2.45, 2.75) is 16.1 Å². The van der Waals surface area contributed by atoms with Crippen molar-refractivity contribution in [2.75, 3.05) is 6.61 Å². The Labute approximate surface area is 91.9 Å². The Balaban J connectivity index is 4.42. The first-order valence-electron chi connectivity index (χ1n) is 3.94. The Morgan fingerprint density at radius 3 is 2.31 bits per heavy atom. The number of aliphatic hydroxyl groups excluding tert-OH is 2. The monoisotopic (exact) mass is 298 g/mol. The minimum atomic E-state index is -1.39. The van der Waals surface area contributed by atoms with E-state index in [4.69, 9.17) is 5.11 Å². The normalized spacial score (nSPS) is 20.0. The molecule has 0 aliphatic carbocycles. The Morgan fingerprint density at radius 2 is 2.00 bits per heavy atom. The summed E-state index contributed by atoms with van der Waals surface area (Å²) in [6.07, 6.45) is 2.27. The Bertz CT molecular complexity index is 180. The molecular weight excluding hydrogens is 283 g/mol. The summed E-state index contributed by atoms with van der Waals surface area (Å²) in [5.41, 5.74) is 0. The predicted octanol–water partition coefficient (Wildman–Crippen LogP) is 0.841. The number of allylic oxidation sites excluding steroid dienone is 1. The van der Waals surface area contributed by atoms with Crippen molar-refractivity contribution < 1.29 is 15.3 Å². The molecule has 3 atom stereocenters. The minimum absolute atomic E-state index is 0.188. The van der Waals surface area contributed by atoms with Crippen LogP contribution in [0.4, 0.5) is 0 Å². The lowest BCUT2D eigenvalue weighted by molar-refractivity contribution is -0.0183. The van der Waals surface area contributed by atoms with Gasteiger partial charge in [0.05, 0.1) is 0 Å². The van der Waals surface area contributed by atoms with Gasteiger partial charge in [-0.2, -0.15) is 0 Å². The first-order chi connectivity index (χ1) is 5.99. The lowest BCUT2D eigenvalue weighted by Gasteiger charge is -2.29. The molecular formula is C9H15IO3. The third kappa shape index (κ3) is 3.76. The topological polar surface area (TPSA) is 60.7 Å². The number of halogens is 1. The summed E-state index contributed by atoms with van der Waals surface area (Å²) in [5, 5.41) is 28.2. The molecule has 0 aliphatic heterocycles. The average molecular weight is 298 g/mol. The van der Waals surface area contributed by atoms with E-state index in [1.165, 1.54) is 6.08 Å². The molecule has 0 saturated carbocycles.